The molecule has 0 saturated heterocycles. The number of sulfonamides is 1. The van der Waals surface area contributed by atoms with Gasteiger partial charge in [-0.25, -0.2) is 9.50 Å². The van der Waals surface area contributed by atoms with Crippen LogP contribution in [0.3, 0.4) is 0 Å². The number of nitrogens with zero attached hydrogens (tertiary/aromatic N) is 4. The molecule has 7 nitrogen and oxygen atoms in total. The SMILES string of the molecule is Cc1cccc(Cl)c1NS(=O)(=O)c1nc2ncc(Cl)cn2n1. The standard InChI is InChI=1S/C12H9Cl2N5O2S/c1-7-3-2-4-9(14)10(7)18-22(20,21)12-16-11-15-5-8(13)6-19(11)17-12/h2-6,18H,1H3. The molecule has 0 aliphatic heterocycles. The Bertz CT molecular complexity index is 951. The van der Waals surface area contributed by atoms with Crippen LogP contribution in [0.5, 0.6) is 0 Å². The third kappa shape index (κ3) is 2.72. The number of hydrogen-bond acceptors (Lipinski definition) is 5. The van der Waals surface area contributed by atoms with E-state index in [0.717, 1.165) is 0 Å². The molecule has 22 heavy (non-hydrogen) atoms. The Morgan fingerprint density at radius 3 is 2.77 bits per heavy atom. The largest absolute Gasteiger partial charge is 0.299 e. The molecule has 0 amide bonds. The summed E-state index contributed by atoms with van der Waals surface area (Å²) in [6, 6.07) is 5.05. The summed E-state index contributed by atoms with van der Waals surface area (Å²) in [6.45, 7) is 1.74. The molecule has 3 aromatic rings. The Labute approximate surface area is 136 Å². The number of aryl methyl sites for hydroxylation is 1. The van der Waals surface area contributed by atoms with Gasteiger partial charge in [-0.15, -0.1) is 5.10 Å². The molecule has 1 aromatic carbocycles. The molecule has 0 aliphatic carbocycles. The van der Waals surface area contributed by atoms with Crippen molar-refractivity contribution in [2.75, 3.05) is 4.72 Å². The Kier molecular flexibility index (Phi) is 3.67. The van der Waals surface area contributed by atoms with Gasteiger partial charge in [-0.3, -0.25) is 4.72 Å². The Balaban J connectivity index is 2.05. The molecule has 1 N–H and O–H groups in total. The second-order valence-corrected chi connectivity index (χ2v) is 6.87. The van der Waals surface area contributed by atoms with E-state index in [2.05, 4.69) is 19.8 Å². The van der Waals surface area contributed by atoms with Crippen molar-refractivity contribution in [2.45, 2.75) is 12.1 Å². The minimum absolute atomic E-state index is 0.126. The molecule has 2 heterocycles. The fraction of sp³-hybridized carbons (Fsp3) is 0.0833. The third-order valence-corrected chi connectivity index (χ3v) is 4.48. The third-order valence-electron chi connectivity index (χ3n) is 2.84. The van der Waals surface area contributed by atoms with Gasteiger partial charge < -0.3 is 0 Å². The predicted molar refractivity (Wildman–Crippen MR) is 82.8 cm³/mol. The van der Waals surface area contributed by atoms with Gasteiger partial charge in [-0.05, 0) is 18.6 Å². The maximum absolute atomic E-state index is 12.4. The average Bonchev–Trinajstić information content (AvgIpc) is 2.87. The lowest BCUT2D eigenvalue weighted by Crippen LogP contribution is -2.15. The van der Waals surface area contributed by atoms with E-state index >= 15 is 0 Å². The van der Waals surface area contributed by atoms with Crippen molar-refractivity contribution in [1.82, 2.24) is 19.6 Å². The van der Waals surface area contributed by atoms with Crippen molar-refractivity contribution < 1.29 is 8.42 Å². The van der Waals surface area contributed by atoms with Crippen molar-refractivity contribution >= 4 is 44.7 Å². The predicted octanol–water partition coefficient (Wildman–Crippen LogP) is 2.54. The number of anilines is 1. The van der Waals surface area contributed by atoms with E-state index in [0.29, 0.717) is 10.6 Å². The fourth-order valence-corrected chi connectivity index (χ4v) is 3.29. The Hall–Kier alpha value is -1.90. The molecule has 0 bridgehead atoms. The van der Waals surface area contributed by atoms with Crippen LogP contribution in [0.1, 0.15) is 5.56 Å². The average molecular weight is 358 g/mol. The minimum Gasteiger partial charge on any atom is -0.275 e. The van der Waals surface area contributed by atoms with Gasteiger partial charge in [0.15, 0.2) is 0 Å². The molecule has 0 saturated carbocycles. The maximum atomic E-state index is 12.4. The Morgan fingerprint density at radius 2 is 2.05 bits per heavy atom. The van der Waals surface area contributed by atoms with Crippen LogP contribution in [0.4, 0.5) is 5.69 Å². The highest BCUT2D eigenvalue weighted by Gasteiger charge is 2.23. The second-order valence-electron chi connectivity index (χ2n) is 4.45. The van der Waals surface area contributed by atoms with Crippen LogP contribution >= 0.6 is 23.2 Å². The summed E-state index contributed by atoms with van der Waals surface area (Å²) >= 11 is 11.8. The van der Waals surface area contributed by atoms with E-state index in [1.54, 1.807) is 25.1 Å². The number of aromatic nitrogens is 4. The first-order valence-electron chi connectivity index (χ1n) is 6.03. The van der Waals surface area contributed by atoms with Crippen LogP contribution in [0.25, 0.3) is 5.78 Å². The molecule has 0 unspecified atom stereocenters. The van der Waals surface area contributed by atoms with Crippen molar-refractivity contribution in [1.29, 1.82) is 0 Å². The number of rotatable bonds is 3. The molecule has 2 aromatic heterocycles. The molecular formula is C12H9Cl2N5O2S. The monoisotopic (exact) mass is 357 g/mol. The lowest BCUT2D eigenvalue weighted by atomic mass is 10.2. The molecule has 10 heteroatoms. The van der Waals surface area contributed by atoms with Gasteiger partial charge in [0, 0.05) is 0 Å². The number of fused-ring (bicyclic) bond motifs is 1. The number of hydrogen-bond donors (Lipinski definition) is 1. The molecular weight excluding hydrogens is 349 g/mol. The van der Waals surface area contributed by atoms with E-state index in [4.69, 9.17) is 23.2 Å². The molecule has 3 rings (SSSR count). The lowest BCUT2D eigenvalue weighted by Gasteiger charge is -2.09. The summed E-state index contributed by atoms with van der Waals surface area (Å²) in [7, 11) is -3.99. The summed E-state index contributed by atoms with van der Waals surface area (Å²) < 4.78 is 28.4. The highest BCUT2D eigenvalue weighted by atomic mass is 35.5. The molecule has 0 radical (unpaired) electrons. The molecule has 0 spiro atoms. The van der Waals surface area contributed by atoms with Crippen LogP contribution in [0.15, 0.2) is 35.7 Å². The zero-order valence-electron chi connectivity index (χ0n) is 11.2. The van der Waals surface area contributed by atoms with Gasteiger partial charge >= 0.3 is 0 Å². The van der Waals surface area contributed by atoms with Gasteiger partial charge in [-0.2, -0.15) is 13.4 Å². The van der Waals surface area contributed by atoms with Crippen LogP contribution in [0, 0.1) is 6.92 Å². The zero-order valence-corrected chi connectivity index (χ0v) is 13.5. The van der Waals surface area contributed by atoms with E-state index in [1.807, 2.05) is 0 Å². The van der Waals surface area contributed by atoms with Crippen molar-refractivity contribution in [2.24, 2.45) is 0 Å². The smallest absolute Gasteiger partial charge is 0.275 e. The fourth-order valence-electron chi connectivity index (χ4n) is 1.80. The topological polar surface area (TPSA) is 89.2 Å². The quantitative estimate of drug-likeness (QED) is 0.777. The van der Waals surface area contributed by atoms with Crippen LogP contribution < -0.4 is 4.72 Å². The molecule has 0 atom stereocenters. The lowest BCUT2D eigenvalue weighted by molar-refractivity contribution is 0.592. The van der Waals surface area contributed by atoms with Crippen LogP contribution in [0.2, 0.25) is 10.0 Å². The van der Waals surface area contributed by atoms with Gasteiger partial charge in [0.25, 0.3) is 21.0 Å². The maximum Gasteiger partial charge on any atom is 0.299 e. The summed E-state index contributed by atoms with van der Waals surface area (Å²) in [6.07, 6.45) is 2.77. The van der Waals surface area contributed by atoms with E-state index in [-0.39, 0.29) is 16.5 Å². The summed E-state index contributed by atoms with van der Waals surface area (Å²) in [5, 5.41) is 4.05. The first-order valence-corrected chi connectivity index (χ1v) is 8.26. The van der Waals surface area contributed by atoms with Gasteiger partial charge in [0.2, 0.25) is 0 Å². The number of para-hydroxylation sites is 1. The first-order chi connectivity index (χ1) is 10.4. The number of halogens is 2. The van der Waals surface area contributed by atoms with E-state index in [1.165, 1.54) is 16.9 Å². The van der Waals surface area contributed by atoms with Gasteiger partial charge in [0.1, 0.15) is 0 Å². The van der Waals surface area contributed by atoms with Crippen LogP contribution in [-0.2, 0) is 10.0 Å². The van der Waals surface area contributed by atoms with Gasteiger partial charge in [0.05, 0.1) is 28.1 Å². The highest BCUT2D eigenvalue weighted by molar-refractivity contribution is 7.92. The molecule has 114 valence electrons. The Morgan fingerprint density at radius 1 is 1.27 bits per heavy atom. The molecule has 0 aliphatic rings. The minimum atomic E-state index is -3.99. The summed E-state index contributed by atoms with van der Waals surface area (Å²) in [5.74, 6) is 0.126. The summed E-state index contributed by atoms with van der Waals surface area (Å²) in [5.41, 5.74) is 0.968. The summed E-state index contributed by atoms with van der Waals surface area (Å²) in [4.78, 5) is 7.77. The van der Waals surface area contributed by atoms with Crippen molar-refractivity contribution in [3.8, 4) is 0 Å². The normalized spacial score (nSPS) is 11.8. The molecule has 0 fully saturated rings. The first kappa shape index (κ1) is 15.0. The number of nitrogens with one attached hydrogen (secondary N) is 1. The zero-order chi connectivity index (χ0) is 15.9. The van der Waals surface area contributed by atoms with E-state index in [9.17, 15) is 8.42 Å². The number of benzene rings is 1. The van der Waals surface area contributed by atoms with Crippen LogP contribution in [-0.4, -0.2) is 28.0 Å². The highest BCUT2D eigenvalue weighted by Crippen LogP contribution is 2.27. The second kappa shape index (κ2) is 5.38. The van der Waals surface area contributed by atoms with Crippen molar-refractivity contribution in [3.63, 3.8) is 0 Å². The van der Waals surface area contributed by atoms with Crippen molar-refractivity contribution in [3.05, 3.63) is 46.2 Å². The van der Waals surface area contributed by atoms with Gasteiger partial charge in [-0.1, -0.05) is 35.3 Å². The van der Waals surface area contributed by atoms with E-state index < -0.39 is 15.2 Å².